The molecule has 0 bridgehead atoms. The van der Waals surface area contributed by atoms with E-state index in [1.165, 1.54) is 6.07 Å². The Balaban J connectivity index is 2.28. The molecule has 1 N–H and O–H groups in total. The van der Waals surface area contributed by atoms with Crippen molar-refractivity contribution in [3.8, 4) is 11.1 Å². The molecule has 0 heterocycles. The van der Waals surface area contributed by atoms with E-state index in [-0.39, 0.29) is 5.82 Å². The smallest absolute Gasteiger partial charge is 0.128 e. The Labute approximate surface area is 128 Å². The highest BCUT2D eigenvalue weighted by molar-refractivity contribution is 6.36. The molecular formula is C16H16Cl2FN. The molecule has 2 rings (SSSR count). The van der Waals surface area contributed by atoms with Gasteiger partial charge in [-0.25, -0.2) is 4.39 Å². The minimum atomic E-state index is -0.235. The molecule has 1 nitrogen and oxygen atoms in total. The molecule has 20 heavy (non-hydrogen) atoms. The molecule has 106 valence electrons. The highest BCUT2D eigenvalue weighted by atomic mass is 35.5. The van der Waals surface area contributed by atoms with Crippen LogP contribution in [-0.4, -0.2) is 6.04 Å². The summed E-state index contributed by atoms with van der Waals surface area (Å²) < 4.78 is 14.1. The largest absolute Gasteiger partial charge is 0.310 e. The minimum Gasteiger partial charge on any atom is -0.310 e. The van der Waals surface area contributed by atoms with Crippen LogP contribution in [0.4, 0.5) is 4.39 Å². The lowest BCUT2D eigenvalue weighted by atomic mass is 10.0. The first-order chi connectivity index (χ1) is 9.47. The van der Waals surface area contributed by atoms with Gasteiger partial charge < -0.3 is 5.32 Å². The van der Waals surface area contributed by atoms with Gasteiger partial charge in [-0.2, -0.15) is 0 Å². The topological polar surface area (TPSA) is 12.0 Å². The van der Waals surface area contributed by atoms with Gasteiger partial charge in [0.25, 0.3) is 0 Å². The Kier molecular flexibility index (Phi) is 5.03. The maximum atomic E-state index is 14.1. The van der Waals surface area contributed by atoms with E-state index in [9.17, 15) is 4.39 Å². The van der Waals surface area contributed by atoms with Crippen LogP contribution in [0.5, 0.6) is 0 Å². The summed E-state index contributed by atoms with van der Waals surface area (Å²) in [6.45, 7) is 4.57. The van der Waals surface area contributed by atoms with E-state index >= 15 is 0 Å². The van der Waals surface area contributed by atoms with Crippen molar-refractivity contribution in [1.29, 1.82) is 0 Å². The third-order valence-electron chi connectivity index (χ3n) is 3.00. The molecule has 0 saturated carbocycles. The maximum Gasteiger partial charge on any atom is 0.128 e. The second-order valence-corrected chi connectivity index (χ2v) is 5.81. The molecule has 0 fully saturated rings. The summed E-state index contributed by atoms with van der Waals surface area (Å²) in [6.07, 6.45) is 0. The van der Waals surface area contributed by atoms with Crippen LogP contribution in [0.25, 0.3) is 11.1 Å². The Hall–Kier alpha value is -1.09. The SMILES string of the molecule is CC(C)NCc1ccc(-c2ccc(Cl)cc2Cl)cc1F. The van der Waals surface area contributed by atoms with E-state index in [2.05, 4.69) is 5.32 Å². The summed E-state index contributed by atoms with van der Waals surface area (Å²) in [6, 6.07) is 10.7. The van der Waals surface area contributed by atoms with E-state index in [0.29, 0.717) is 28.2 Å². The second kappa shape index (κ2) is 6.57. The fourth-order valence-corrected chi connectivity index (χ4v) is 2.41. The van der Waals surface area contributed by atoms with Gasteiger partial charge >= 0.3 is 0 Å². The lowest BCUT2D eigenvalue weighted by Crippen LogP contribution is -2.22. The van der Waals surface area contributed by atoms with E-state index < -0.39 is 0 Å². The lowest BCUT2D eigenvalue weighted by Gasteiger charge is -2.11. The average Bonchev–Trinajstić information content (AvgIpc) is 2.37. The first kappa shape index (κ1) is 15.3. The number of hydrogen-bond acceptors (Lipinski definition) is 1. The van der Waals surface area contributed by atoms with Gasteiger partial charge in [0, 0.05) is 33.8 Å². The van der Waals surface area contributed by atoms with Gasteiger partial charge in [0.2, 0.25) is 0 Å². The summed E-state index contributed by atoms with van der Waals surface area (Å²) in [5.74, 6) is -0.235. The Morgan fingerprint density at radius 1 is 1.10 bits per heavy atom. The number of rotatable bonds is 4. The third-order valence-corrected chi connectivity index (χ3v) is 3.54. The maximum absolute atomic E-state index is 14.1. The summed E-state index contributed by atoms with van der Waals surface area (Å²) in [5, 5.41) is 4.28. The van der Waals surface area contributed by atoms with E-state index in [1.54, 1.807) is 24.3 Å². The predicted octanol–water partition coefficient (Wildman–Crippen LogP) is 5.30. The summed E-state index contributed by atoms with van der Waals surface area (Å²) >= 11 is 12.0. The standard InChI is InChI=1S/C16H16Cl2FN/c1-10(2)20-9-12-4-3-11(7-16(12)19)14-6-5-13(17)8-15(14)18/h3-8,10,20H,9H2,1-2H3. The van der Waals surface area contributed by atoms with Crippen molar-refractivity contribution in [1.82, 2.24) is 5.32 Å². The van der Waals surface area contributed by atoms with Crippen molar-refractivity contribution in [2.24, 2.45) is 0 Å². The molecule has 4 heteroatoms. The van der Waals surface area contributed by atoms with Gasteiger partial charge in [-0.1, -0.05) is 55.2 Å². The molecule has 0 atom stereocenters. The quantitative estimate of drug-likeness (QED) is 0.808. The highest BCUT2D eigenvalue weighted by Gasteiger charge is 2.08. The first-order valence-electron chi connectivity index (χ1n) is 6.44. The zero-order valence-electron chi connectivity index (χ0n) is 11.4. The molecule has 0 saturated heterocycles. The van der Waals surface area contributed by atoms with Crippen molar-refractivity contribution in [2.45, 2.75) is 26.4 Å². The Morgan fingerprint density at radius 2 is 1.85 bits per heavy atom. The van der Waals surface area contributed by atoms with Crippen LogP contribution in [0.15, 0.2) is 36.4 Å². The molecule has 2 aromatic rings. The fourth-order valence-electron chi connectivity index (χ4n) is 1.90. The molecule has 0 amide bonds. The molecule has 0 aliphatic carbocycles. The van der Waals surface area contributed by atoms with Crippen LogP contribution < -0.4 is 5.32 Å². The van der Waals surface area contributed by atoms with Gasteiger partial charge in [0.05, 0.1) is 0 Å². The van der Waals surface area contributed by atoms with Crippen LogP contribution in [0.1, 0.15) is 19.4 Å². The second-order valence-electron chi connectivity index (χ2n) is 4.97. The summed E-state index contributed by atoms with van der Waals surface area (Å²) in [5.41, 5.74) is 2.17. The van der Waals surface area contributed by atoms with Gasteiger partial charge in [-0.3, -0.25) is 0 Å². The molecule has 0 spiro atoms. The normalized spacial score (nSPS) is 11.1. The molecule has 0 aliphatic rings. The number of benzene rings is 2. The highest BCUT2D eigenvalue weighted by Crippen LogP contribution is 2.31. The summed E-state index contributed by atoms with van der Waals surface area (Å²) in [7, 11) is 0. The van der Waals surface area contributed by atoms with Gasteiger partial charge in [0.15, 0.2) is 0 Å². The van der Waals surface area contributed by atoms with Crippen LogP contribution in [0.2, 0.25) is 10.0 Å². The van der Waals surface area contributed by atoms with Crippen molar-refractivity contribution in [2.75, 3.05) is 0 Å². The minimum absolute atomic E-state index is 0.235. The van der Waals surface area contributed by atoms with Gasteiger partial charge in [-0.15, -0.1) is 0 Å². The van der Waals surface area contributed by atoms with Crippen LogP contribution in [0.3, 0.4) is 0 Å². The van der Waals surface area contributed by atoms with Crippen molar-refractivity contribution in [3.63, 3.8) is 0 Å². The van der Waals surface area contributed by atoms with Crippen LogP contribution in [-0.2, 0) is 6.54 Å². The van der Waals surface area contributed by atoms with E-state index in [1.807, 2.05) is 19.9 Å². The number of nitrogens with one attached hydrogen (secondary N) is 1. The molecule has 0 aliphatic heterocycles. The predicted molar refractivity (Wildman–Crippen MR) is 83.8 cm³/mol. The zero-order valence-corrected chi connectivity index (χ0v) is 12.9. The Bertz CT molecular complexity index is 611. The van der Waals surface area contributed by atoms with Gasteiger partial charge in [0.1, 0.15) is 5.82 Å². The Morgan fingerprint density at radius 3 is 2.45 bits per heavy atom. The van der Waals surface area contributed by atoms with Gasteiger partial charge in [-0.05, 0) is 23.8 Å². The third kappa shape index (κ3) is 3.72. The number of halogens is 3. The molecular weight excluding hydrogens is 296 g/mol. The monoisotopic (exact) mass is 311 g/mol. The van der Waals surface area contributed by atoms with Crippen LogP contribution in [0, 0.1) is 5.82 Å². The van der Waals surface area contributed by atoms with Crippen molar-refractivity contribution < 1.29 is 4.39 Å². The molecule has 0 radical (unpaired) electrons. The average molecular weight is 312 g/mol. The van der Waals surface area contributed by atoms with Crippen LogP contribution >= 0.6 is 23.2 Å². The number of hydrogen-bond donors (Lipinski definition) is 1. The van der Waals surface area contributed by atoms with E-state index in [0.717, 1.165) is 11.1 Å². The van der Waals surface area contributed by atoms with Crippen molar-refractivity contribution >= 4 is 23.2 Å². The van der Waals surface area contributed by atoms with Crippen molar-refractivity contribution in [3.05, 3.63) is 57.8 Å². The zero-order chi connectivity index (χ0) is 14.7. The molecule has 0 aromatic heterocycles. The summed E-state index contributed by atoms with van der Waals surface area (Å²) in [4.78, 5) is 0. The molecule has 0 unspecified atom stereocenters. The fraction of sp³-hybridized carbons (Fsp3) is 0.250. The van der Waals surface area contributed by atoms with E-state index in [4.69, 9.17) is 23.2 Å². The lowest BCUT2D eigenvalue weighted by molar-refractivity contribution is 0.553. The first-order valence-corrected chi connectivity index (χ1v) is 7.20. The molecule has 2 aromatic carbocycles.